The maximum atomic E-state index is 11.3. The Balaban J connectivity index is 2.59. The molecule has 1 rings (SSSR count). The van der Waals surface area contributed by atoms with Crippen molar-refractivity contribution in [2.24, 2.45) is 5.92 Å². The fourth-order valence-corrected chi connectivity index (χ4v) is 3.45. The Bertz CT molecular complexity index is 529. The van der Waals surface area contributed by atoms with E-state index in [1.54, 1.807) is 0 Å². The number of hydrogen-bond donors (Lipinski definition) is 1. The minimum Gasteiger partial charge on any atom is -0.314 e. The minimum absolute atomic E-state index is 0.281. The Labute approximate surface area is 137 Å². The van der Waals surface area contributed by atoms with Gasteiger partial charge in [-0.3, -0.25) is 0 Å². The Hall–Kier alpha value is -0.390. The molecule has 0 saturated heterocycles. The topological polar surface area (TPSA) is 46.2 Å². The highest BCUT2D eigenvalue weighted by molar-refractivity contribution is 9.10. The summed E-state index contributed by atoms with van der Waals surface area (Å²) in [6.45, 7) is 5.19. The second-order valence-corrected chi connectivity index (χ2v) is 9.21. The van der Waals surface area contributed by atoms with Crippen LogP contribution in [0.2, 0.25) is 0 Å². The molecule has 0 radical (unpaired) electrons. The van der Waals surface area contributed by atoms with E-state index in [1.165, 1.54) is 11.8 Å². The maximum absolute atomic E-state index is 11.3. The van der Waals surface area contributed by atoms with Crippen LogP contribution in [0.1, 0.15) is 32.3 Å². The fraction of sp³-hybridized carbons (Fsp3) is 0.625. The van der Waals surface area contributed by atoms with Gasteiger partial charge in [0.2, 0.25) is 0 Å². The highest BCUT2D eigenvalue weighted by atomic mass is 79.9. The standard InChI is InChI=1S/C16H26BrNO2S/c1-13(2)18-12-15(7-5-9-21(3,19)20)10-14-6-4-8-16(17)11-14/h4,6,8,11,13,15,18H,5,7,9-10,12H2,1-3H3. The van der Waals surface area contributed by atoms with E-state index < -0.39 is 9.84 Å². The van der Waals surface area contributed by atoms with Crippen molar-refractivity contribution in [3.05, 3.63) is 34.3 Å². The van der Waals surface area contributed by atoms with Crippen LogP contribution < -0.4 is 5.32 Å². The van der Waals surface area contributed by atoms with Gasteiger partial charge in [0, 0.05) is 22.5 Å². The van der Waals surface area contributed by atoms with Crippen molar-refractivity contribution < 1.29 is 8.42 Å². The third kappa shape index (κ3) is 9.27. The lowest BCUT2D eigenvalue weighted by Gasteiger charge is -2.19. The molecule has 0 bridgehead atoms. The average molecular weight is 376 g/mol. The van der Waals surface area contributed by atoms with Crippen molar-refractivity contribution in [3.63, 3.8) is 0 Å². The first-order chi connectivity index (χ1) is 9.76. The maximum Gasteiger partial charge on any atom is 0.147 e. The van der Waals surface area contributed by atoms with Crippen molar-refractivity contribution in [1.29, 1.82) is 0 Å². The normalized spacial score (nSPS) is 13.6. The first kappa shape index (κ1) is 18.7. The van der Waals surface area contributed by atoms with Crippen LogP contribution in [0.15, 0.2) is 28.7 Å². The first-order valence-corrected chi connectivity index (χ1v) is 10.3. The molecule has 0 amide bonds. The Morgan fingerprint density at radius 3 is 2.57 bits per heavy atom. The van der Waals surface area contributed by atoms with E-state index in [-0.39, 0.29) is 5.75 Å². The largest absolute Gasteiger partial charge is 0.314 e. The monoisotopic (exact) mass is 375 g/mol. The fourth-order valence-electron chi connectivity index (χ4n) is 2.31. The van der Waals surface area contributed by atoms with Gasteiger partial charge in [0.1, 0.15) is 9.84 Å². The van der Waals surface area contributed by atoms with Gasteiger partial charge in [-0.05, 0) is 49.4 Å². The van der Waals surface area contributed by atoms with Crippen LogP contribution in [0.5, 0.6) is 0 Å². The molecular weight excluding hydrogens is 350 g/mol. The van der Waals surface area contributed by atoms with Gasteiger partial charge >= 0.3 is 0 Å². The molecule has 0 aromatic heterocycles. The lowest BCUT2D eigenvalue weighted by atomic mass is 9.95. The van der Waals surface area contributed by atoms with Gasteiger partial charge in [-0.2, -0.15) is 0 Å². The highest BCUT2D eigenvalue weighted by Crippen LogP contribution is 2.18. The molecule has 0 fully saturated rings. The molecule has 3 nitrogen and oxygen atoms in total. The second kappa shape index (κ2) is 8.91. The van der Waals surface area contributed by atoms with E-state index >= 15 is 0 Å². The van der Waals surface area contributed by atoms with E-state index in [2.05, 4.69) is 47.2 Å². The predicted octanol–water partition coefficient (Wildman–Crippen LogP) is 3.43. The molecule has 21 heavy (non-hydrogen) atoms. The Morgan fingerprint density at radius 2 is 2.00 bits per heavy atom. The number of nitrogens with one attached hydrogen (secondary N) is 1. The van der Waals surface area contributed by atoms with Crippen molar-refractivity contribution in [2.45, 2.75) is 39.2 Å². The molecule has 1 N–H and O–H groups in total. The molecule has 0 aliphatic rings. The zero-order valence-corrected chi connectivity index (χ0v) is 15.5. The number of hydrogen-bond acceptors (Lipinski definition) is 3. The zero-order chi connectivity index (χ0) is 15.9. The van der Waals surface area contributed by atoms with Gasteiger partial charge in [0.05, 0.1) is 0 Å². The molecule has 5 heteroatoms. The van der Waals surface area contributed by atoms with Gasteiger partial charge in [-0.15, -0.1) is 0 Å². The second-order valence-electron chi connectivity index (χ2n) is 6.04. The Kier molecular flexibility index (Phi) is 7.92. The summed E-state index contributed by atoms with van der Waals surface area (Å²) < 4.78 is 23.6. The summed E-state index contributed by atoms with van der Waals surface area (Å²) in [6.07, 6.45) is 3.95. The van der Waals surface area contributed by atoms with Gasteiger partial charge in [-0.25, -0.2) is 8.42 Å². The highest BCUT2D eigenvalue weighted by Gasteiger charge is 2.12. The van der Waals surface area contributed by atoms with Crippen LogP contribution in [0.3, 0.4) is 0 Å². The quantitative estimate of drug-likeness (QED) is 0.718. The number of sulfone groups is 1. The van der Waals surface area contributed by atoms with E-state index in [4.69, 9.17) is 0 Å². The van der Waals surface area contributed by atoms with Gasteiger partial charge in [0.15, 0.2) is 0 Å². The third-order valence-electron chi connectivity index (χ3n) is 3.36. The average Bonchev–Trinajstić information content (AvgIpc) is 2.34. The lowest BCUT2D eigenvalue weighted by molar-refractivity contribution is 0.418. The number of benzene rings is 1. The van der Waals surface area contributed by atoms with Crippen LogP contribution in [0.25, 0.3) is 0 Å². The summed E-state index contributed by atoms with van der Waals surface area (Å²) in [5.74, 6) is 0.743. The molecule has 0 saturated carbocycles. The number of halogens is 1. The first-order valence-electron chi connectivity index (χ1n) is 7.42. The summed E-state index contributed by atoms with van der Waals surface area (Å²) in [5.41, 5.74) is 1.29. The summed E-state index contributed by atoms with van der Waals surface area (Å²) in [7, 11) is -2.86. The van der Waals surface area contributed by atoms with Crippen molar-refractivity contribution in [3.8, 4) is 0 Å². The van der Waals surface area contributed by atoms with Crippen LogP contribution in [-0.2, 0) is 16.3 Å². The number of rotatable bonds is 9. The molecule has 0 aliphatic carbocycles. The van der Waals surface area contributed by atoms with E-state index in [9.17, 15) is 8.42 Å². The van der Waals surface area contributed by atoms with Crippen molar-refractivity contribution in [1.82, 2.24) is 5.32 Å². The molecule has 1 aromatic rings. The Morgan fingerprint density at radius 1 is 1.29 bits per heavy atom. The SMILES string of the molecule is CC(C)NCC(CCCS(C)(=O)=O)Cc1cccc(Br)c1. The smallest absolute Gasteiger partial charge is 0.147 e. The van der Waals surface area contributed by atoms with E-state index in [1.807, 2.05) is 12.1 Å². The van der Waals surface area contributed by atoms with Crippen LogP contribution in [0.4, 0.5) is 0 Å². The lowest BCUT2D eigenvalue weighted by Crippen LogP contribution is -2.30. The molecular formula is C16H26BrNO2S. The molecule has 0 spiro atoms. The molecule has 1 aromatic carbocycles. The van der Waals surface area contributed by atoms with E-state index in [0.29, 0.717) is 12.0 Å². The van der Waals surface area contributed by atoms with Gasteiger partial charge in [-0.1, -0.05) is 41.9 Å². The predicted molar refractivity (Wildman–Crippen MR) is 93.4 cm³/mol. The molecule has 0 aliphatic heterocycles. The van der Waals surface area contributed by atoms with Crippen molar-refractivity contribution in [2.75, 3.05) is 18.6 Å². The van der Waals surface area contributed by atoms with Gasteiger partial charge < -0.3 is 5.32 Å². The van der Waals surface area contributed by atoms with Crippen LogP contribution >= 0.6 is 15.9 Å². The third-order valence-corrected chi connectivity index (χ3v) is 4.88. The molecule has 120 valence electrons. The molecule has 0 heterocycles. The summed E-state index contributed by atoms with van der Waals surface area (Å²) in [5, 5.41) is 3.47. The minimum atomic E-state index is -2.86. The van der Waals surface area contributed by atoms with E-state index in [0.717, 1.165) is 30.3 Å². The van der Waals surface area contributed by atoms with Crippen LogP contribution in [-0.4, -0.2) is 33.0 Å². The summed E-state index contributed by atoms with van der Waals surface area (Å²) in [4.78, 5) is 0. The molecule has 1 unspecified atom stereocenters. The van der Waals surface area contributed by atoms with Gasteiger partial charge in [0.25, 0.3) is 0 Å². The zero-order valence-electron chi connectivity index (χ0n) is 13.1. The molecule has 1 atom stereocenters. The van der Waals surface area contributed by atoms with Crippen LogP contribution in [0, 0.1) is 5.92 Å². The summed E-state index contributed by atoms with van der Waals surface area (Å²) >= 11 is 3.50. The summed E-state index contributed by atoms with van der Waals surface area (Å²) in [6, 6.07) is 8.78. The van der Waals surface area contributed by atoms with Crippen molar-refractivity contribution >= 4 is 25.8 Å².